The Balaban J connectivity index is 2.08. The van der Waals surface area contributed by atoms with Gasteiger partial charge in [0.15, 0.2) is 5.78 Å². The van der Waals surface area contributed by atoms with Crippen molar-refractivity contribution in [3.05, 3.63) is 69.5 Å². The van der Waals surface area contributed by atoms with Gasteiger partial charge in [-0.3, -0.25) is 4.79 Å². The second-order valence-corrected chi connectivity index (χ2v) is 6.36. The molecule has 0 radical (unpaired) electrons. The number of nitriles is 1. The van der Waals surface area contributed by atoms with Crippen LogP contribution in [0.5, 0.6) is 0 Å². The van der Waals surface area contributed by atoms with E-state index in [9.17, 15) is 10.1 Å². The van der Waals surface area contributed by atoms with E-state index in [2.05, 4.69) is 22.0 Å². The highest BCUT2D eigenvalue weighted by Crippen LogP contribution is 2.32. The van der Waals surface area contributed by atoms with Gasteiger partial charge in [-0.25, -0.2) is 0 Å². The maximum Gasteiger partial charge on any atom is 0.185 e. The highest BCUT2D eigenvalue weighted by Gasteiger charge is 2.25. The van der Waals surface area contributed by atoms with E-state index in [1.54, 1.807) is 0 Å². The third-order valence-corrected chi connectivity index (χ3v) is 5.04. The maximum atomic E-state index is 12.8. The topological polar surface area (TPSA) is 40.9 Å². The van der Waals surface area contributed by atoms with Crippen molar-refractivity contribution in [1.29, 1.82) is 5.26 Å². The van der Waals surface area contributed by atoms with Gasteiger partial charge in [0.1, 0.15) is 5.92 Å². The first kappa shape index (κ1) is 14.0. The van der Waals surface area contributed by atoms with Crippen LogP contribution in [0.2, 0.25) is 0 Å². The van der Waals surface area contributed by atoms with Gasteiger partial charge in [-0.15, -0.1) is 11.3 Å². The Hall–Kier alpha value is -1.96. The fraction of sp³-hybridized carbons (Fsp3) is 0.0588. The molecule has 0 amide bonds. The molecule has 2 aromatic carbocycles. The Morgan fingerprint density at radius 1 is 1.14 bits per heavy atom. The molecule has 0 aliphatic heterocycles. The van der Waals surface area contributed by atoms with Gasteiger partial charge in [-0.05, 0) is 17.7 Å². The van der Waals surface area contributed by atoms with E-state index in [0.29, 0.717) is 11.1 Å². The Bertz CT molecular complexity index is 862. The van der Waals surface area contributed by atoms with Crippen LogP contribution in [0.15, 0.2) is 58.4 Å². The molecule has 0 saturated carbocycles. The molecule has 3 aromatic rings. The molecular formula is C17H10BrNOS. The number of carbonyl (C=O) groups excluding carboxylic acids is 1. The minimum absolute atomic E-state index is 0.151. The molecule has 2 nitrogen and oxygen atoms in total. The molecule has 1 heterocycles. The molecule has 3 rings (SSSR count). The van der Waals surface area contributed by atoms with Gasteiger partial charge in [0, 0.05) is 25.5 Å². The summed E-state index contributed by atoms with van der Waals surface area (Å²) in [6.07, 6.45) is 0. The van der Waals surface area contributed by atoms with Crippen LogP contribution in [0.4, 0.5) is 0 Å². The van der Waals surface area contributed by atoms with E-state index in [1.807, 2.05) is 53.9 Å². The third-order valence-electron chi connectivity index (χ3n) is 3.35. The van der Waals surface area contributed by atoms with Gasteiger partial charge in [0.2, 0.25) is 0 Å². The Labute approximate surface area is 134 Å². The second-order valence-electron chi connectivity index (χ2n) is 4.59. The molecule has 0 bridgehead atoms. The number of nitrogens with zero attached hydrogens (tertiary/aromatic N) is 1. The average molecular weight is 356 g/mol. The maximum absolute atomic E-state index is 12.8. The average Bonchev–Trinajstić information content (AvgIpc) is 2.93. The lowest BCUT2D eigenvalue weighted by molar-refractivity contribution is 0.0980. The second kappa shape index (κ2) is 5.80. The lowest BCUT2D eigenvalue weighted by Gasteiger charge is -2.10. The third kappa shape index (κ3) is 2.51. The van der Waals surface area contributed by atoms with Crippen molar-refractivity contribution in [1.82, 2.24) is 0 Å². The summed E-state index contributed by atoms with van der Waals surface area (Å²) >= 11 is 4.95. The van der Waals surface area contributed by atoms with Crippen molar-refractivity contribution in [3.63, 3.8) is 0 Å². The molecule has 102 valence electrons. The molecule has 21 heavy (non-hydrogen) atoms. The normalized spacial score (nSPS) is 12.0. The molecule has 1 atom stereocenters. The molecule has 1 aromatic heterocycles. The van der Waals surface area contributed by atoms with Crippen molar-refractivity contribution < 1.29 is 4.79 Å². The summed E-state index contributed by atoms with van der Waals surface area (Å²) in [5, 5.41) is 12.2. The number of Topliss-reactive ketones (excluding diaryl/α,β-unsaturated/α-hetero) is 1. The SMILES string of the molecule is N#CC(C(=O)c1csc2ccccc12)c1ccccc1Br. The van der Waals surface area contributed by atoms with Crippen LogP contribution in [-0.2, 0) is 0 Å². The first-order valence-electron chi connectivity index (χ1n) is 6.37. The molecule has 0 N–H and O–H groups in total. The number of benzene rings is 2. The van der Waals surface area contributed by atoms with Crippen LogP contribution in [0.1, 0.15) is 21.8 Å². The summed E-state index contributed by atoms with van der Waals surface area (Å²) in [5.41, 5.74) is 1.33. The van der Waals surface area contributed by atoms with Gasteiger partial charge in [0.25, 0.3) is 0 Å². The van der Waals surface area contributed by atoms with E-state index in [0.717, 1.165) is 14.6 Å². The highest BCUT2D eigenvalue weighted by molar-refractivity contribution is 9.10. The van der Waals surface area contributed by atoms with Crippen LogP contribution in [0.25, 0.3) is 10.1 Å². The number of halogens is 1. The lowest BCUT2D eigenvalue weighted by atomic mass is 9.92. The summed E-state index contributed by atoms with van der Waals surface area (Å²) in [5.74, 6) is -0.944. The number of hydrogen-bond acceptors (Lipinski definition) is 3. The van der Waals surface area contributed by atoms with Gasteiger partial charge in [0.05, 0.1) is 6.07 Å². The molecule has 0 spiro atoms. The summed E-state index contributed by atoms with van der Waals surface area (Å²) in [6, 6.07) is 17.3. The lowest BCUT2D eigenvalue weighted by Crippen LogP contribution is -2.11. The summed E-state index contributed by atoms with van der Waals surface area (Å²) in [7, 11) is 0. The minimum atomic E-state index is -0.793. The Morgan fingerprint density at radius 2 is 1.86 bits per heavy atom. The predicted octanol–water partition coefficient (Wildman–Crippen LogP) is 5.15. The fourth-order valence-corrected chi connectivity index (χ4v) is 3.77. The van der Waals surface area contributed by atoms with E-state index >= 15 is 0 Å². The van der Waals surface area contributed by atoms with Crippen LogP contribution in [-0.4, -0.2) is 5.78 Å². The highest BCUT2D eigenvalue weighted by atomic mass is 79.9. The molecule has 4 heteroatoms. The number of ketones is 1. The number of thiophene rings is 1. The van der Waals surface area contributed by atoms with Crippen molar-refractivity contribution in [2.24, 2.45) is 0 Å². The Morgan fingerprint density at radius 3 is 2.62 bits per heavy atom. The molecule has 0 fully saturated rings. The largest absolute Gasteiger partial charge is 0.292 e. The van der Waals surface area contributed by atoms with E-state index in [4.69, 9.17) is 0 Å². The quantitative estimate of drug-likeness (QED) is 0.609. The summed E-state index contributed by atoms with van der Waals surface area (Å²) < 4.78 is 1.84. The van der Waals surface area contributed by atoms with Gasteiger partial charge in [-0.1, -0.05) is 52.3 Å². The number of hydrogen-bond donors (Lipinski definition) is 0. The first-order valence-corrected chi connectivity index (χ1v) is 8.04. The predicted molar refractivity (Wildman–Crippen MR) is 88.7 cm³/mol. The van der Waals surface area contributed by atoms with Crippen molar-refractivity contribution in [2.75, 3.05) is 0 Å². The zero-order valence-electron chi connectivity index (χ0n) is 10.9. The molecule has 0 saturated heterocycles. The van der Waals surface area contributed by atoms with Gasteiger partial charge >= 0.3 is 0 Å². The van der Waals surface area contributed by atoms with E-state index in [-0.39, 0.29) is 5.78 Å². The standard InChI is InChI=1S/C17H10BrNOS/c18-15-7-3-1-5-11(15)13(9-19)17(20)14-10-21-16-8-4-2-6-12(14)16/h1-8,10,13H. The first-order chi connectivity index (χ1) is 10.2. The minimum Gasteiger partial charge on any atom is -0.292 e. The molecule has 0 aliphatic rings. The monoisotopic (exact) mass is 355 g/mol. The van der Waals surface area contributed by atoms with Crippen LogP contribution in [0, 0.1) is 11.3 Å². The summed E-state index contributed by atoms with van der Waals surface area (Å²) in [4.78, 5) is 12.8. The van der Waals surface area contributed by atoms with Crippen molar-refractivity contribution >= 4 is 43.1 Å². The van der Waals surface area contributed by atoms with Gasteiger partial charge in [-0.2, -0.15) is 5.26 Å². The summed E-state index contributed by atoms with van der Waals surface area (Å²) in [6.45, 7) is 0. The smallest absolute Gasteiger partial charge is 0.185 e. The van der Waals surface area contributed by atoms with Crippen LogP contribution < -0.4 is 0 Å². The fourth-order valence-electron chi connectivity index (χ4n) is 2.30. The number of rotatable bonds is 3. The van der Waals surface area contributed by atoms with E-state index < -0.39 is 5.92 Å². The van der Waals surface area contributed by atoms with Crippen LogP contribution in [0.3, 0.4) is 0 Å². The van der Waals surface area contributed by atoms with Gasteiger partial charge < -0.3 is 0 Å². The number of fused-ring (bicyclic) bond motifs is 1. The zero-order chi connectivity index (χ0) is 14.8. The van der Waals surface area contributed by atoms with Crippen LogP contribution >= 0.6 is 27.3 Å². The van der Waals surface area contributed by atoms with Crippen molar-refractivity contribution in [2.45, 2.75) is 5.92 Å². The Kier molecular flexibility index (Phi) is 3.87. The molecule has 0 aliphatic carbocycles. The van der Waals surface area contributed by atoms with E-state index in [1.165, 1.54) is 11.3 Å². The molecule has 1 unspecified atom stereocenters. The molecular weight excluding hydrogens is 346 g/mol. The number of carbonyl (C=O) groups is 1. The zero-order valence-corrected chi connectivity index (χ0v) is 13.3. The van der Waals surface area contributed by atoms with Crippen molar-refractivity contribution in [3.8, 4) is 6.07 Å².